The fraction of sp³-hybridized carbons (Fsp3) is 0.939. The Labute approximate surface area is 832 Å². The fourth-order valence-electron chi connectivity index (χ4n) is 19.2. The molecule has 60 atom stereocenters. The maximum Gasteiger partial charge on any atom is 0.217 e. The number of nitrogens with one attached hydrogen (secondary N) is 5. The summed E-state index contributed by atoms with van der Waals surface area (Å²) in [7, 11) is 0. The molecule has 12 rings (SSSR count). The number of hydrogen-bond donors (Lipinski definition) is 37. The number of hydrogen-bond acceptors (Lipinski definition) is 60. The third kappa shape index (κ3) is 26.7. The number of amides is 5. The molecule has 12 heterocycles. The molecule has 37 N–H and O–H groups in total. The van der Waals surface area contributed by atoms with E-state index < -0.39 is 470 Å². The molecule has 0 saturated carbocycles. The van der Waals surface area contributed by atoms with E-state index in [9.17, 15) is 187 Å². The molecule has 0 aromatic rings. The molecule has 0 aromatic carbocycles. The molecule has 0 bridgehead atoms. The van der Waals surface area contributed by atoms with Crippen molar-refractivity contribution < 1.29 is 296 Å². The SMILES string of the molecule is CC(=O)N[C@H]1[C@H](O[C@H]2[C@H](O)[C@@H](NC(C)=O)C(O)O[C@@H]2CO)O[C@H](CO)[C@@H](O[C@@H]2O[C@H](CO[C@H]3O[C@H](CO)[C@@H](O)[C@H](O)[C@@H]3O[C@@H]3O[C@H](CO)[C@@H](O[C@@H]4O[C@H](CO)[C@H](O)[C@H](O)[C@H]4O)[C@H](O[C@@H]4O[C@@H](C)[C@@H](O)[C@@H](O)[C@@H]4O)[C@H]3NC(C)=O)[C@@H](O)[C@H](O[C@H]3O[C@H](CO)[C@@H](O)[C@H](O)[C@@H]3O[C@@H]3O[C@H](CO)[C@@H](O[C@@H]4O[C@H](CO)[C@H](O)[C@H](O[C@@H]5O[C@H](CO)[C@@H](O[C@@H]6O[C@H](CO)[C@H](O)[C@H](O)[C@H]6O)[C@H](O)[C@H]5NC(C)=O)[C@H]4O)[C@H](O)[C@H]3NC(C)=O)[C@@H]2O)[C@@H]1O. The van der Waals surface area contributed by atoms with Gasteiger partial charge in [-0.3, -0.25) is 24.0 Å². The summed E-state index contributed by atoms with van der Waals surface area (Å²) < 4.78 is 138. The van der Waals surface area contributed by atoms with Crippen LogP contribution in [-0.2, 0) is 133 Å². The molecular weight excluding hydrogens is 2010 g/mol. The third-order valence-electron chi connectivity index (χ3n) is 27.1. The van der Waals surface area contributed by atoms with Gasteiger partial charge in [-0.2, -0.15) is 0 Å². The van der Waals surface area contributed by atoms with Crippen LogP contribution in [-0.4, -0.2) is 634 Å². The highest BCUT2D eigenvalue weighted by Crippen LogP contribution is 2.43. The molecule has 1 unspecified atom stereocenters. The lowest BCUT2D eigenvalue weighted by Gasteiger charge is -2.52. The molecule has 0 aliphatic carbocycles. The van der Waals surface area contributed by atoms with Gasteiger partial charge in [0.15, 0.2) is 75.5 Å². The van der Waals surface area contributed by atoms with Crippen LogP contribution in [0.5, 0.6) is 0 Å². The minimum Gasteiger partial charge on any atom is -0.394 e. The second-order valence-electron chi connectivity index (χ2n) is 37.3. The summed E-state index contributed by atoms with van der Waals surface area (Å²) >= 11 is 0. The lowest BCUT2D eigenvalue weighted by atomic mass is 9.93. The van der Waals surface area contributed by atoms with Crippen molar-refractivity contribution >= 4 is 29.5 Å². The number of aliphatic hydroxyl groups excluding tert-OH is 32. The Morgan fingerprint density at radius 2 is 0.422 bits per heavy atom. The van der Waals surface area contributed by atoms with Crippen LogP contribution in [0.25, 0.3) is 0 Å². The molecule has 12 aliphatic rings. The predicted octanol–water partition coefficient (Wildman–Crippen LogP) is -25.4. The number of carbonyl (C=O) groups excluding carboxylic acids is 5. The molecule has 12 fully saturated rings. The van der Waals surface area contributed by atoms with Crippen molar-refractivity contribution in [3.8, 4) is 0 Å². The van der Waals surface area contributed by atoms with Crippen LogP contribution in [0.15, 0.2) is 0 Å². The van der Waals surface area contributed by atoms with Gasteiger partial charge in [0, 0.05) is 34.6 Å². The topological polar surface area (TPSA) is 1010 Å². The van der Waals surface area contributed by atoms with Gasteiger partial charge in [-0.25, -0.2) is 0 Å². The normalized spacial score (nSPS) is 49.6. The lowest BCUT2D eigenvalue weighted by Crippen LogP contribution is -2.71. The number of rotatable bonds is 38. The zero-order chi connectivity index (χ0) is 108. The van der Waals surface area contributed by atoms with E-state index in [2.05, 4.69) is 26.6 Å². The van der Waals surface area contributed by atoms with Crippen molar-refractivity contribution in [3.05, 3.63) is 0 Å². The Kier molecular flexibility index (Phi) is 43.4. The maximum atomic E-state index is 13.6. The first-order valence-electron chi connectivity index (χ1n) is 47.0. The van der Waals surface area contributed by atoms with Crippen molar-refractivity contribution in [2.45, 2.75) is 410 Å². The van der Waals surface area contributed by atoms with Gasteiger partial charge in [-0.15, -0.1) is 0 Å². The highest BCUT2D eigenvalue weighted by Gasteiger charge is 2.64. The zero-order valence-electron chi connectivity index (χ0n) is 79.2. The average Bonchev–Trinajstić information content (AvgIpc) is 0.764. The van der Waals surface area contributed by atoms with Crippen LogP contribution in [0.4, 0.5) is 0 Å². The smallest absolute Gasteiger partial charge is 0.217 e. The average molecular weight is 2150 g/mol. The van der Waals surface area contributed by atoms with Crippen LogP contribution in [0.1, 0.15) is 41.5 Å². The summed E-state index contributed by atoms with van der Waals surface area (Å²) in [6.07, 6.45) is -119. The van der Waals surface area contributed by atoms with Crippen LogP contribution in [0.3, 0.4) is 0 Å². The summed E-state index contributed by atoms with van der Waals surface area (Å²) in [6, 6.07) is -9.84. The fourth-order valence-corrected chi connectivity index (χ4v) is 19.2. The summed E-state index contributed by atoms with van der Waals surface area (Å²) in [5.41, 5.74) is 0. The summed E-state index contributed by atoms with van der Waals surface area (Å²) in [5.74, 6) is -4.88. The van der Waals surface area contributed by atoms with Crippen molar-refractivity contribution in [2.24, 2.45) is 0 Å². The van der Waals surface area contributed by atoms with Gasteiger partial charge in [-0.05, 0) is 6.92 Å². The predicted molar refractivity (Wildman–Crippen MR) is 452 cm³/mol. The molecule has 65 heteroatoms. The molecular formula is C82H137N5O60. The Hall–Kier alpha value is -4.85. The number of carbonyl (C=O) groups is 5. The van der Waals surface area contributed by atoms with E-state index in [0.29, 0.717) is 0 Å². The van der Waals surface area contributed by atoms with Crippen LogP contribution in [0, 0.1) is 0 Å². The van der Waals surface area contributed by atoms with E-state index in [1.807, 2.05) is 0 Å². The standard InChI is InChI=1S/C82H137N5O60/c1-18-40(103)51(114)56(119)76(126-18)143-66-39(87-23(6)102)75(136-33(16-97)65(66)142-78-58(121)53(116)42(105)25(8-89)129-78)146-69-54(117)43(106)26(9-90)131-81(69)125-17-34-46(109)68(60(123)80(137-34)141-64-31(14-95)133-72(36(48(64)111)84-20(3)99)138-61-29(12-93)127-71(124)35(47(61)110)83-19(2)98)145-82-70(55(118)44(107)27(10-91)132-82)147-74-38(86-22(5)101)50(113)63(32(15-96)135-74)140-79-59(122)67(45(108)28(11-92)130-79)144-73-37(85-21(4)100)49(112)62(30(13-94)134-73)139-77-57(120)52(115)41(104)24(7-88)128-77/h18,24-82,88-97,103-124H,7-17H2,1-6H3,(H,83,98)(H,84,99)(H,85,100)(H,86,101)(H,87,102)/t18-,24+,25+,26+,27+,28+,29+,30+,31+,32+,33+,34+,35+,36+,37+,38+,39+,40+,41-,42-,43+,44+,45-,46+,47+,48+,49+,50+,51+,52-,53-,54-,55-,56-,57+,58+,59+,60-,61+,62+,63+,64+,65+,66+,67-,68-,69-,70-,71?,72-,73-,74-,75-,76-,77-,78-,79-,80-,81-,82+/m0/s1. The summed E-state index contributed by atoms with van der Waals surface area (Å²) in [4.78, 5) is 65.3. The first-order valence-corrected chi connectivity index (χ1v) is 47.0. The van der Waals surface area contributed by atoms with Crippen molar-refractivity contribution in [3.63, 3.8) is 0 Å². The largest absolute Gasteiger partial charge is 0.394 e. The Balaban J connectivity index is 0.862. The third-order valence-corrected chi connectivity index (χ3v) is 27.1. The highest BCUT2D eigenvalue weighted by molar-refractivity contribution is 5.75. The molecule has 5 amide bonds. The quantitative estimate of drug-likeness (QED) is 0.0273. The summed E-state index contributed by atoms with van der Waals surface area (Å²) in [5, 5.41) is 374. The Bertz CT molecular complexity index is 4110. The monoisotopic (exact) mass is 2150 g/mol. The second kappa shape index (κ2) is 52.8. The highest BCUT2D eigenvalue weighted by atomic mass is 16.8. The zero-order valence-corrected chi connectivity index (χ0v) is 79.2. The molecule has 65 nitrogen and oxygen atoms in total. The van der Waals surface area contributed by atoms with E-state index in [1.54, 1.807) is 0 Å². The van der Waals surface area contributed by atoms with E-state index in [0.717, 1.165) is 34.6 Å². The van der Waals surface area contributed by atoms with Crippen molar-refractivity contribution in [1.29, 1.82) is 0 Å². The van der Waals surface area contributed by atoms with E-state index in [-0.39, 0.29) is 0 Å². The number of ether oxygens (including phenoxy) is 23. The molecule has 12 saturated heterocycles. The first-order chi connectivity index (χ1) is 69.6. The molecule has 147 heavy (non-hydrogen) atoms. The van der Waals surface area contributed by atoms with Crippen molar-refractivity contribution in [1.82, 2.24) is 26.6 Å². The Morgan fingerprint density at radius 1 is 0.190 bits per heavy atom. The second-order valence-corrected chi connectivity index (χ2v) is 37.3. The minimum absolute atomic E-state index is 0.829. The van der Waals surface area contributed by atoms with Crippen LogP contribution >= 0.6 is 0 Å². The van der Waals surface area contributed by atoms with E-state index in [4.69, 9.17) is 109 Å². The molecule has 850 valence electrons. The van der Waals surface area contributed by atoms with Crippen molar-refractivity contribution in [2.75, 3.05) is 72.7 Å². The van der Waals surface area contributed by atoms with Crippen LogP contribution < -0.4 is 26.6 Å². The molecule has 12 aliphatic heterocycles. The van der Waals surface area contributed by atoms with Gasteiger partial charge >= 0.3 is 0 Å². The molecule has 0 radical (unpaired) electrons. The van der Waals surface area contributed by atoms with Crippen LogP contribution in [0.2, 0.25) is 0 Å². The van der Waals surface area contributed by atoms with Gasteiger partial charge in [0.25, 0.3) is 0 Å². The molecule has 0 spiro atoms. The number of aliphatic hydroxyl groups is 32. The van der Waals surface area contributed by atoms with Gasteiger partial charge in [-0.1, -0.05) is 0 Å². The first kappa shape index (κ1) is 121. The van der Waals surface area contributed by atoms with Gasteiger partial charge in [0.05, 0.1) is 78.8 Å². The molecule has 0 aromatic heterocycles. The van der Waals surface area contributed by atoms with Gasteiger partial charge in [0.1, 0.15) is 287 Å². The van der Waals surface area contributed by atoms with E-state index >= 15 is 0 Å². The lowest BCUT2D eigenvalue weighted by molar-refractivity contribution is -0.401. The minimum atomic E-state index is -2.70. The Morgan fingerprint density at radius 3 is 0.796 bits per heavy atom. The van der Waals surface area contributed by atoms with E-state index in [1.165, 1.54) is 6.92 Å². The van der Waals surface area contributed by atoms with Gasteiger partial charge in [0.2, 0.25) is 29.5 Å². The summed E-state index contributed by atoms with van der Waals surface area (Å²) in [6.45, 7) is -7.19. The van der Waals surface area contributed by atoms with Gasteiger partial charge < -0.3 is 299 Å². The maximum absolute atomic E-state index is 13.6.